The monoisotopic (exact) mass is 140 g/mol. The predicted molar refractivity (Wildman–Crippen MR) is 38.5 cm³/mol. The van der Waals surface area contributed by atoms with E-state index in [-0.39, 0.29) is 11.7 Å². The van der Waals surface area contributed by atoms with Crippen LogP contribution in [0.15, 0.2) is 11.3 Å². The summed E-state index contributed by atoms with van der Waals surface area (Å²) in [4.78, 5) is 10.9. The minimum Gasteiger partial charge on any atom is -0.497 e. The standard InChI is InChI=1S/C8H12O2/c1-4-10-8-5(2)7(9)6(8)3/h5H,4H2,1-3H3/t5-/m0/s1. The molecule has 1 aliphatic carbocycles. The molecule has 0 saturated carbocycles. The van der Waals surface area contributed by atoms with E-state index in [1.807, 2.05) is 20.8 Å². The second-order valence-corrected chi connectivity index (χ2v) is 2.51. The minimum absolute atomic E-state index is 0.0138. The molecule has 1 rings (SSSR count). The van der Waals surface area contributed by atoms with E-state index in [1.165, 1.54) is 0 Å². The van der Waals surface area contributed by atoms with E-state index in [1.54, 1.807) is 0 Å². The van der Waals surface area contributed by atoms with Crippen molar-refractivity contribution in [3.8, 4) is 0 Å². The van der Waals surface area contributed by atoms with Crippen LogP contribution < -0.4 is 0 Å². The summed E-state index contributed by atoms with van der Waals surface area (Å²) in [6.45, 7) is 6.27. The number of allylic oxidation sites excluding steroid dienone is 2. The Bertz CT molecular complexity index is 191. The number of hydrogen-bond acceptors (Lipinski definition) is 2. The maximum absolute atomic E-state index is 10.9. The van der Waals surface area contributed by atoms with Gasteiger partial charge in [-0.05, 0) is 20.8 Å². The molecule has 1 aliphatic rings. The average Bonchev–Trinajstić information content (AvgIpc) is 1.98. The third kappa shape index (κ3) is 0.838. The summed E-state index contributed by atoms with van der Waals surface area (Å²) in [5, 5.41) is 0. The molecule has 10 heavy (non-hydrogen) atoms. The van der Waals surface area contributed by atoms with E-state index in [4.69, 9.17) is 4.74 Å². The molecule has 0 unspecified atom stereocenters. The molecule has 0 aliphatic heterocycles. The molecule has 0 saturated heterocycles. The van der Waals surface area contributed by atoms with Crippen LogP contribution in [0.25, 0.3) is 0 Å². The van der Waals surface area contributed by atoms with Crippen LogP contribution in [0.5, 0.6) is 0 Å². The van der Waals surface area contributed by atoms with Gasteiger partial charge in [0.2, 0.25) is 0 Å². The van der Waals surface area contributed by atoms with Crippen LogP contribution in [0, 0.1) is 5.92 Å². The van der Waals surface area contributed by atoms with Crippen LogP contribution in [0.2, 0.25) is 0 Å². The Kier molecular flexibility index (Phi) is 1.79. The van der Waals surface area contributed by atoms with Crippen LogP contribution in [-0.4, -0.2) is 12.4 Å². The van der Waals surface area contributed by atoms with Crippen LogP contribution in [0.1, 0.15) is 20.8 Å². The van der Waals surface area contributed by atoms with Gasteiger partial charge in [-0.15, -0.1) is 0 Å². The number of carbonyl (C=O) groups excluding carboxylic acids is 1. The van der Waals surface area contributed by atoms with Crippen LogP contribution in [0.3, 0.4) is 0 Å². The number of ketones is 1. The van der Waals surface area contributed by atoms with Gasteiger partial charge < -0.3 is 4.74 Å². The van der Waals surface area contributed by atoms with Crippen molar-refractivity contribution in [3.05, 3.63) is 11.3 Å². The van der Waals surface area contributed by atoms with Crippen LogP contribution >= 0.6 is 0 Å². The van der Waals surface area contributed by atoms with Crippen molar-refractivity contribution >= 4 is 5.78 Å². The molecule has 0 N–H and O–H groups in total. The Hall–Kier alpha value is -0.790. The van der Waals surface area contributed by atoms with Gasteiger partial charge in [0.05, 0.1) is 12.5 Å². The van der Waals surface area contributed by atoms with Crippen molar-refractivity contribution in [3.63, 3.8) is 0 Å². The molecule has 0 aromatic carbocycles. The zero-order valence-corrected chi connectivity index (χ0v) is 6.60. The van der Waals surface area contributed by atoms with Gasteiger partial charge in [-0.25, -0.2) is 0 Å². The largest absolute Gasteiger partial charge is 0.497 e. The molecule has 0 fully saturated rings. The van der Waals surface area contributed by atoms with Crippen molar-refractivity contribution in [2.45, 2.75) is 20.8 Å². The first-order chi connectivity index (χ1) is 4.68. The van der Waals surface area contributed by atoms with Gasteiger partial charge in [0.15, 0.2) is 5.78 Å². The number of ether oxygens (including phenoxy) is 1. The maximum Gasteiger partial charge on any atom is 0.172 e. The van der Waals surface area contributed by atoms with E-state index in [9.17, 15) is 4.79 Å². The lowest BCUT2D eigenvalue weighted by Gasteiger charge is -2.26. The third-order valence-electron chi connectivity index (χ3n) is 1.83. The fourth-order valence-electron chi connectivity index (χ4n) is 1.20. The normalized spacial score (nSPS) is 24.7. The smallest absolute Gasteiger partial charge is 0.172 e. The lowest BCUT2D eigenvalue weighted by molar-refractivity contribution is -0.122. The number of rotatable bonds is 2. The second-order valence-electron chi connectivity index (χ2n) is 2.51. The van der Waals surface area contributed by atoms with Gasteiger partial charge in [-0.1, -0.05) is 0 Å². The number of carbonyl (C=O) groups is 1. The topological polar surface area (TPSA) is 26.3 Å². The predicted octanol–water partition coefficient (Wildman–Crippen LogP) is 1.52. The first kappa shape index (κ1) is 7.32. The summed E-state index contributed by atoms with van der Waals surface area (Å²) in [5.74, 6) is 1.12. The van der Waals surface area contributed by atoms with Crippen molar-refractivity contribution < 1.29 is 9.53 Å². The summed E-state index contributed by atoms with van der Waals surface area (Å²) in [5.41, 5.74) is 0.800. The van der Waals surface area contributed by atoms with Gasteiger partial charge in [0.25, 0.3) is 0 Å². The fourth-order valence-corrected chi connectivity index (χ4v) is 1.20. The molecular formula is C8H12O2. The average molecular weight is 140 g/mol. The van der Waals surface area contributed by atoms with E-state index < -0.39 is 0 Å². The fraction of sp³-hybridized carbons (Fsp3) is 0.625. The number of Topliss-reactive ketones (excluding diaryl/α,β-unsaturated/α-hetero) is 1. The van der Waals surface area contributed by atoms with Crippen molar-refractivity contribution in [2.75, 3.05) is 6.61 Å². The third-order valence-corrected chi connectivity index (χ3v) is 1.83. The van der Waals surface area contributed by atoms with Crippen LogP contribution in [-0.2, 0) is 9.53 Å². The Morgan fingerprint density at radius 1 is 1.60 bits per heavy atom. The molecule has 1 atom stereocenters. The van der Waals surface area contributed by atoms with Gasteiger partial charge in [0, 0.05) is 5.57 Å². The Morgan fingerprint density at radius 2 is 2.20 bits per heavy atom. The number of hydrogen-bond donors (Lipinski definition) is 0. The quantitative estimate of drug-likeness (QED) is 0.581. The molecule has 0 bridgehead atoms. The first-order valence-corrected chi connectivity index (χ1v) is 3.56. The van der Waals surface area contributed by atoms with Crippen molar-refractivity contribution in [1.82, 2.24) is 0 Å². The molecule has 0 heterocycles. The lowest BCUT2D eigenvalue weighted by atomic mass is 9.85. The van der Waals surface area contributed by atoms with Crippen molar-refractivity contribution in [2.24, 2.45) is 5.92 Å². The molecule has 0 spiro atoms. The minimum atomic E-state index is 0.0138. The molecule has 0 radical (unpaired) electrons. The van der Waals surface area contributed by atoms with Gasteiger partial charge in [-0.2, -0.15) is 0 Å². The molecule has 0 aromatic heterocycles. The molecule has 2 nitrogen and oxygen atoms in total. The summed E-state index contributed by atoms with van der Waals surface area (Å²) in [6, 6.07) is 0. The van der Waals surface area contributed by atoms with E-state index in [0.29, 0.717) is 6.61 Å². The zero-order chi connectivity index (χ0) is 7.72. The molecule has 0 amide bonds. The van der Waals surface area contributed by atoms with Gasteiger partial charge in [-0.3, -0.25) is 4.79 Å². The molecular weight excluding hydrogens is 128 g/mol. The van der Waals surface area contributed by atoms with E-state index in [2.05, 4.69) is 0 Å². The Labute approximate surface area is 60.9 Å². The molecule has 2 heteroatoms. The lowest BCUT2D eigenvalue weighted by Crippen LogP contribution is -2.28. The highest BCUT2D eigenvalue weighted by molar-refractivity contribution is 6.05. The van der Waals surface area contributed by atoms with Crippen LogP contribution in [0.4, 0.5) is 0 Å². The van der Waals surface area contributed by atoms with E-state index in [0.717, 1.165) is 11.3 Å². The Balaban J connectivity index is 2.68. The zero-order valence-electron chi connectivity index (χ0n) is 6.60. The van der Waals surface area contributed by atoms with Gasteiger partial charge >= 0.3 is 0 Å². The summed E-state index contributed by atoms with van der Waals surface area (Å²) >= 11 is 0. The highest BCUT2D eigenvalue weighted by Gasteiger charge is 2.33. The summed E-state index contributed by atoms with van der Waals surface area (Å²) in [6.07, 6.45) is 0. The maximum atomic E-state index is 10.9. The summed E-state index contributed by atoms with van der Waals surface area (Å²) < 4.78 is 5.23. The second kappa shape index (κ2) is 2.45. The Morgan fingerprint density at radius 3 is 2.60 bits per heavy atom. The van der Waals surface area contributed by atoms with Gasteiger partial charge in [0.1, 0.15) is 5.76 Å². The molecule has 56 valence electrons. The SMILES string of the molecule is CCOC1=C(C)C(=O)[C@@H]1C. The first-order valence-electron chi connectivity index (χ1n) is 3.56. The highest BCUT2D eigenvalue weighted by Crippen LogP contribution is 2.30. The highest BCUT2D eigenvalue weighted by atomic mass is 16.5. The summed E-state index contributed by atoms with van der Waals surface area (Å²) in [7, 11) is 0. The molecule has 0 aromatic rings. The van der Waals surface area contributed by atoms with E-state index >= 15 is 0 Å². The van der Waals surface area contributed by atoms with Crippen molar-refractivity contribution in [1.29, 1.82) is 0 Å².